The van der Waals surface area contributed by atoms with E-state index in [1.165, 1.54) is 5.56 Å². The zero-order valence-corrected chi connectivity index (χ0v) is 9.86. The van der Waals surface area contributed by atoms with Crippen LogP contribution in [-0.2, 0) is 11.2 Å². The molecular formula is C14H20O2. The number of rotatable bonds is 7. The van der Waals surface area contributed by atoms with Crippen LogP contribution in [0.5, 0.6) is 0 Å². The van der Waals surface area contributed by atoms with E-state index in [4.69, 9.17) is 0 Å². The van der Waals surface area contributed by atoms with Crippen molar-refractivity contribution in [2.75, 3.05) is 0 Å². The summed E-state index contributed by atoms with van der Waals surface area (Å²) in [6, 6.07) is 10.1. The number of aliphatic hydroxyl groups excluding tert-OH is 1. The molecule has 1 aromatic carbocycles. The van der Waals surface area contributed by atoms with E-state index in [-0.39, 0.29) is 5.78 Å². The molecule has 0 aliphatic heterocycles. The Morgan fingerprint density at radius 3 is 2.62 bits per heavy atom. The van der Waals surface area contributed by atoms with Crippen molar-refractivity contribution >= 4 is 5.78 Å². The van der Waals surface area contributed by atoms with E-state index in [1.807, 2.05) is 25.1 Å². The van der Waals surface area contributed by atoms with Gasteiger partial charge in [0.15, 0.2) is 5.78 Å². The van der Waals surface area contributed by atoms with Crippen LogP contribution in [0, 0.1) is 0 Å². The first-order valence-corrected chi connectivity index (χ1v) is 5.98. The van der Waals surface area contributed by atoms with Crippen molar-refractivity contribution in [3.05, 3.63) is 35.9 Å². The average Bonchev–Trinajstić information content (AvgIpc) is 2.30. The van der Waals surface area contributed by atoms with Gasteiger partial charge in [0.05, 0.1) is 0 Å². The van der Waals surface area contributed by atoms with Gasteiger partial charge in [0, 0.05) is 6.42 Å². The van der Waals surface area contributed by atoms with Gasteiger partial charge in [0.1, 0.15) is 6.10 Å². The number of carbonyl (C=O) groups excluding carboxylic acids is 1. The summed E-state index contributed by atoms with van der Waals surface area (Å²) in [5, 5.41) is 9.47. The van der Waals surface area contributed by atoms with Crippen LogP contribution in [-0.4, -0.2) is 17.0 Å². The molecular weight excluding hydrogens is 200 g/mol. The molecule has 1 N–H and O–H groups in total. The van der Waals surface area contributed by atoms with Crippen LogP contribution < -0.4 is 0 Å². The Hall–Kier alpha value is -1.15. The third kappa shape index (κ3) is 4.58. The number of hydrogen-bond acceptors (Lipinski definition) is 2. The van der Waals surface area contributed by atoms with Crippen molar-refractivity contribution in [3.63, 3.8) is 0 Å². The van der Waals surface area contributed by atoms with E-state index in [9.17, 15) is 9.90 Å². The summed E-state index contributed by atoms with van der Waals surface area (Å²) in [7, 11) is 0. The lowest BCUT2D eigenvalue weighted by Crippen LogP contribution is -2.19. The molecule has 0 saturated carbocycles. The molecule has 88 valence electrons. The summed E-state index contributed by atoms with van der Waals surface area (Å²) in [6.45, 7) is 1.97. The number of Topliss-reactive ketones (excluding diaryl/α,β-unsaturated/α-hetero) is 1. The predicted octanol–water partition coefficient (Wildman–Crippen LogP) is 2.74. The third-order valence-electron chi connectivity index (χ3n) is 2.67. The van der Waals surface area contributed by atoms with Crippen LogP contribution >= 0.6 is 0 Å². The molecule has 1 rings (SSSR count). The van der Waals surface area contributed by atoms with E-state index in [0.717, 1.165) is 19.3 Å². The van der Waals surface area contributed by atoms with Crippen LogP contribution in [0.25, 0.3) is 0 Å². The molecule has 2 nitrogen and oxygen atoms in total. The molecule has 1 aromatic rings. The Kier molecular flexibility index (Phi) is 5.79. The van der Waals surface area contributed by atoms with Gasteiger partial charge in [-0.25, -0.2) is 0 Å². The van der Waals surface area contributed by atoms with E-state index in [1.54, 1.807) is 0 Å². The monoisotopic (exact) mass is 220 g/mol. The first-order chi connectivity index (χ1) is 7.74. The van der Waals surface area contributed by atoms with Gasteiger partial charge in [-0.15, -0.1) is 0 Å². The van der Waals surface area contributed by atoms with Crippen molar-refractivity contribution in [1.29, 1.82) is 0 Å². The minimum atomic E-state index is -0.749. The predicted molar refractivity (Wildman–Crippen MR) is 65.3 cm³/mol. The number of carbonyl (C=O) groups is 1. The van der Waals surface area contributed by atoms with Crippen LogP contribution in [0.3, 0.4) is 0 Å². The Morgan fingerprint density at radius 1 is 1.31 bits per heavy atom. The second-order valence-electron chi connectivity index (χ2n) is 4.11. The Bertz CT molecular complexity index is 306. The van der Waals surface area contributed by atoms with Crippen LogP contribution in [0.4, 0.5) is 0 Å². The SMILES string of the molecule is CCCC(O)C(=O)CCCc1ccccc1. The van der Waals surface area contributed by atoms with Gasteiger partial charge in [-0.2, -0.15) is 0 Å². The second-order valence-corrected chi connectivity index (χ2v) is 4.11. The smallest absolute Gasteiger partial charge is 0.161 e. The molecule has 16 heavy (non-hydrogen) atoms. The molecule has 0 fully saturated rings. The topological polar surface area (TPSA) is 37.3 Å². The largest absolute Gasteiger partial charge is 0.385 e. The van der Waals surface area contributed by atoms with E-state index >= 15 is 0 Å². The lowest BCUT2D eigenvalue weighted by molar-refractivity contribution is -0.127. The zero-order chi connectivity index (χ0) is 11.8. The molecule has 0 aliphatic rings. The van der Waals surface area contributed by atoms with Gasteiger partial charge in [-0.1, -0.05) is 43.7 Å². The van der Waals surface area contributed by atoms with Crippen molar-refractivity contribution in [3.8, 4) is 0 Å². The summed E-state index contributed by atoms with van der Waals surface area (Å²) in [4.78, 5) is 11.5. The number of aryl methyl sites for hydroxylation is 1. The molecule has 0 saturated heterocycles. The first-order valence-electron chi connectivity index (χ1n) is 5.98. The normalized spacial score (nSPS) is 12.4. The van der Waals surface area contributed by atoms with Crippen molar-refractivity contribution < 1.29 is 9.90 Å². The van der Waals surface area contributed by atoms with Gasteiger partial charge in [0.2, 0.25) is 0 Å². The molecule has 0 aliphatic carbocycles. The van der Waals surface area contributed by atoms with Gasteiger partial charge in [-0.3, -0.25) is 4.79 Å². The molecule has 1 atom stereocenters. The lowest BCUT2D eigenvalue weighted by atomic mass is 10.0. The fourth-order valence-corrected chi connectivity index (χ4v) is 1.71. The van der Waals surface area contributed by atoms with Gasteiger partial charge >= 0.3 is 0 Å². The Labute approximate surface area is 97.3 Å². The van der Waals surface area contributed by atoms with Gasteiger partial charge in [-0.05, 0) is 24.8 Å². The van der Waals surface area contributed by atoms with Gasteiger partial charge < -0.3 is 5.11 Å². The maximum absolute atomic E-state index is 11.5. The van der Waals surface area contributed by atoms with Crippen molar-refractivity contribution in [2.45, 2.75) is 45.1 Å². The molecule has 0 bridgehead atoms. The molecule has 0 heterocycles. The molecule has 0 amide bonds. The summed E-state index contributed by atoms with van der Waals surface area (Å²) >= 11 is 0. The zero-order valence-electron chi connectivity index (χ0n) is 9.86. The minimum absolute atomic E-state index is 0.0159. The first kappa shape index (κ1) is 12.9. The average molecular weight is 220 g/mol. The molecule has 0 radical (unpaired) electrons. The highest BCUT2D eigenvalue weighted by Crippen LogP contribution is 2.07. The highest BCUT2D eigenvalue weighted by Gasteiger charge is 2.12. The fourth-order valence-electron chi connectivity index (χ4n) is 1.71. The maximum Gasteiger partial charge on any atom is 0.161 e. The third-order valence-corrected chi connectivity index (χ3v) is 2.67. The number of hydrogen-bond donors (Lipinski definition) is 1. The quantitative estimate of drug-likeness (QED) is 0.767. The highest BCUT2D eigenvalue weighted by molar-refractivity contribution is 5.82. The van der Waals surface area contributed by atoms with Gasteiger partial charge in [0.25, 0.3) is 0 Å². The lowest BCUT2D eigenvalue weighted by Gasteiger charge is -2.07. The minimum Gasteiger partial charge on any atom is -0.385 e. The molecule has 1 unspecified atom stereocenters. The molecule has 0 spiro atoms. The van der Waals surface area contributed by atoms with Crippen molar-refractivity contribution in [2.24, 2.45) is 0 Å². The number of aliphatic hydroxyl groups is 1. The van der Waals surface area contributed by atoms with Crippen molar-refractivity contribution in [1.82, 2.24) is 0 Å². The molecule has 0 aromatic heterocycles. The maximum atomic E-state index is 11.5. The standard InChI is InChI=1S/C14H20O2/c1-2-7-13(15)14(16)11-6-10-12-8-4-3-5-9-12/h3-5,8-9,13,15H,2,6-7,10-11H2,1H3. The molecule has 2 heteroatoms. The van der Waals surface area contributed by atoms with Crippen LogP contribution in [0.15, 0.2) is 30.3 Å². The highest BCUT2D eigenvalue weighted by atomic mass is 16.3. The summed E-state index contributed by atoms with van der Waals surface area (Å²) in [6.07, 6.45) is 2.90. The summed E-state index contributed by atoms with van der Waals surface area (Å²) < 4.78 is 0. The van der Waals surface area contributed by atoms with E-state index in [0.29, 0.717) is 12.8 Å². The number of benzene rings is 1. The second kappa shape index (κ2) is 7.18. The number of ketones is 1. The summed E-state index contributed by atoms with van der Waals surface area (Å²) in [5.74, 6) is -0.0159. The Balaban J connectivity index is 2.23. The van der Waals surface area contributed by atoms with Crippen LogP contribution in [0.2, 0.25) is 0 Å². The van der Waals surface area contributed by atoms with Crippen LogP contribution in [0.1, 0.15) is 38.2 Å². The Morgan fingerprint density at radius 2 is 2.00 bits per heavy atom. The fraction of sp³-hybridized carbons (Fsp3) is 0.500. The summed E-state index contributed by atoms with van der Waals surface area (Å²) in [5.41, 5.74) is 1.25. The van der Waals surface area contributed by atoms with E-state index < -0.39 is 6.10 Å². The van der Waals surface area contributed by atoms with E-state index in [2.05, 4.69) is 12.1 Å².